The zero-order valence-electron chi connectivity index (χ0n) is 16.2. The number of unbranched alkanes of at least 4 members (excludes halogenated alkanes) is 3. The van der Waals surface area contributed by atoms with Gasteiger partial charge >= 0.3 is 0 Å². The van der Waals surface area contributed by atoms with Crippen LogP contribution in [0.25, 0.3) is 0 Å². The topological polar surface area (TPSA) is 18.5 Å². The van der Waals surface area contributed by atoms with E-state index >= 15 is 0 Å². The van der Waals surface area contributed by atoms with Crippen molar-refractivity contribution in [3.8, 4) is 11.5 Å². The number of benzene rings is 1. The summed E-state index contributed by atoms with van der Waals surface area (Å²) in [5.74, 6) is 2.75. The molecule has 2 aliphatic heterocycles. The van der Waals surface area contributed by atoms with Gasteiger partial charge in [0.15, 0.2) is 0 Å². The van der Waals surface area contributed by atoms with Gasteiger partial charge in [-0.05, 0) is 62.1 Å². The van der Waals surface area contributed by atoms with Crippen LogP contribution in [0.2, 0.25) is 0 Å². The van der Waals surface area contributed by atoms with Gasteiger partial charge in [0.1, 0.15) is 17.1 Å². The molecular weight excluding hydrogens is 296 g/mol. The molecule has 0 saturated carbocycles. The predicted molar refractivity (Wildman–Crippen MR) is 100 cm³/mol. The molecule has 0 aliphatic carbocycles. The second-order valence-electron chi connectivity index (χ2n) is 8.98. The Bertz CT molecular complexity index is 586. The van der Waals surface area contributed by atoms with E-state index in [-0.39, 0.29) is 11.0 Å². The molecule has 2 nitrogen and oxygen atoms in total. The van der Waals surface area contributed by atoms with Crippen LogP contribution >= 0.6 is 0 Å². The van der Waals surface area contributed by atoms with Crippen molar-refractivity contribution >= 4 is 0 Å². The monoisotopic (exact) mass is 330 g/mol. The molecule has 0 bridgehead atoms. The highest BCUT2D eigenvalue weighted by Gasteiger charge is 2.38. The Morgan fingerprint density at radius 1 is 1.12 bits per heavy atom. The smallest absolute Gasteiger partial charge is 0.127 e. The molecule has 2 heteroatoms. The predicted octanol–water partition coefficient (Wildman–Crippen LogP) is 6.36. The average Bonchev–Trinajstić information content (AvgIpc) is 2.50. The van der Waals surface area contributed by atoms with Gasteiger partial charge in [0.2, 0.25) is 0 Å². The largest absolute Gasteiger partial charge is 0.493 e. The quantitative estimate of drug-likeness (QED) is 0.565. The Labute approximate surface area is 147 Å². The van der Waals surface area contributed by atoms with Gasteiger partial charge in [-0.25, -0.2) is 0 Å². The summed E-state index contributed by atoms with van der Waals surface area (Å²) in [5, 5.41) is 0. The van der Waals surface area contributed by atoms with E-state index in [1.165, 1.54) is 43.2 Å². The lowest BCUT2D eigenvalue weighted by Gasteiger charge is -2.41. The van der Waals surface area contributed by atoms with E-state index in [1.54, 1.807) is 0 Å². The Morgan fingerprint density at radius 3 is 2.62 bits per heavy atom. The molecule has 2 heterocycles. The van der Waals surface area contributed by atoms with Gasteiger partial charge in [-0.2, -0.15) is 0 Å². The molecule has 2 aliphatic rings. The second kappa shape index (κ2) is 6.61. The van der Waals surface area contributed by atoms with Crippen LogP contribution in [0.4, 0.5) is 0 Å². The van der Waals surface area contributed by atoms with Crippen LogP contribution in [0.1, 0.15) is 96.6 Å². The molecule has 0 N–H and O–H groups in total. The van der Waals surface area contributed by atoms with Crippen LogP contribution in [0, 0.1) is 0 Å². The lowest BCUT2D eigenvalue weighted by atomic mass is 9.76. The second-order valence-corrected chi connectivity index (χ2v) is 8.98. The molecule has 24 heavy (non-hydrogen) atoms. The first-order valence-corrected chi connectivity index (χ1v) is 9.83. The molecule has 134 valence electrons. The van der Waals surface area contributed by atoms with Crippen molar-refractivity contribution in [1.29, 1.82) is 0 Å². The number of ether oxygens (including phenoxy) is 2. The number of hydrogen-bond acceptors (Lipinski definition) is 2. The summed E-state index contributed by atoms with van der Waals surface area (Å²) in [6, 6.07) is 4.60. The third kappa shape index (κ3) is 3.58. The molecule has 0 radical (unpaired) electrons. The first-order valence-electron chi connectivity index (χ1n) is 9.83. The zero-order valence-corrected chi connectivity index (χ0v) is 16.2. The van der Waals surface area contributed by atoms with Gasteiger partial charge in [-0.1, -0.05) is 46.5 Å². The highest BCUT2D eigenvalue weighted by atomic mass is 16.5. The standard InChI is InChI=1S/C22H34O2/c1-6-7-8-9-11-21(2,3)17-13-18-20-16(10-12-23-18)15-22(4,5)24-19(20)14-17/h13-14,16H,6-12,15H2,1-5H3. The molecule has 3 rings (SSSR count). The van der Waals surface area contributed by atoms with Gasteiger partial charge in [-0.15, -0.1) is 0 Å². The first-order chi connectivity index (χ1) is 11.3. The Kier molecular flexibility index (Phi) is 4.86. The summed E-state index contributed by atoms with van der Waals surface area (Å²) in [6.07, 6.45) is 8.69. The molecule has 0 spiro atoms. The van der Waals surface area contributed by atoms with Gasteiger partial charge in [-0.3, -0.25) is 0 Å². The number of rotatable bonds is 6. The van der Waals surface area contributed by atoms with E-state index in [0.717, 1.165) is 30.9 Å². The van der Waals surface area contributed by atoms with E-state index in [9.17, 15) is 0 Å². The maximum Gasteiger partial charge on any atom is 0.127 e. The fraction of sp³-hybridized carbons (Fsp3) is 0.727. The van der Waals surface area contributed by atoms with E-state index in [1.807, 2.05) is 0 Å². The summed E-state index contributed by atoms with van der Waals surface area (Å²) in [6.45, 7) is 12.3. The van der Waals surface area contributed by atoms with Gasteiger partial charge < -0.3 is 9.47 Å². The van der Waals surface area contributed by atoms with Gasteiger partial charge in [0.25, 0.3) is 0 Å². The van der Waals surface area contributed by atoms with Crippen molar-refractivity contribution in [3.05, 3.63) is 23.3 Å². The third-order valence-electron chi connectivity index (χ3n) is 5.80. The molecule has 1 aromatic rings. The Hall–Kier alpha value is -1.18. The highest BCUT2D eigenvalue weighted by molar-refractivity contribution is 5.54. The molecule has 0 fully saturated rings. The lowest BCUT2D eigenvalue weighted by Crippen LogP contribution is -2.37. The van der Waals surface area contributed by atoms with Crippen molar-refractivity contribution < 1.29 is 9.47 Å². The van der Waals surface area contributed by atoms with Crippen LogP contribution in [-0.4, -0.2) is 12.2 Å². The van der Waals surface area contributed by atoms with Gasteiger partial charge in [0.05, 0.1) is 6.61 Å². The molecule has 1 unspecified atom stereocenters. The minimum Gasteiger partial charge on any atom is -0.493 e. The lowest BCUT2D eigenvalue weighted by molar-refractivity contribution is 0.0602. The van der Waals surface area contributed by atoms with E-state index in [2.05, 4.69) is 46.8 Å². The van der Waals surface area contributed by atoms with E-state index in [0.29, 0.717) is 5.92 Å². The van der Waals surface area contributed by atoms with E-state index < -0.39 is 0 Å². The van der Waals surface area contributed by atoms with Crippen molar-refractivity contribution in [3.63, 3.8) is 0 Å². The van der Waals surface area contributed by atoms with Crippen molar-refractivity contribution in [1.82, 2.24) is 0 Å². The normalized spacial score (nSPS) is 21.6. The SMILES string of the molecule is CCCCCCC(C)(C)c1cc2c3c(c1)OC(C)(C)CC3CCO2. The maximum absolute atomic E-state index is 6.36. The molecule has 1 aromatic carbocycles. The minimum absolute atomic E-state index is 0.0732. The summed E-state index contributed by atoms with van der Waals surface area (Å²) >= 11 is 0. The van der Waals surface area contributed by atoms with Crippen LogP contribution in [-0.2, 0) is 5.41 Å². The van der Waals surface area contributed by atoms with Crippen LogP contribution in [0.5, 0.6) is 11.5 Å². The van der Waals surface area contributed by atoms with Crippen molar-refractivity contribution in [2.24, 2.45) is 0 Å². The Balaban J connectivity index is 1.88. The van der Waals surface area contributed by atoms with Crippen molar-refractivity contribution in [2.75, 3.05) is 6.61 Å². The van der Waals surface area contributed by atoms with Crippen LogP contribution in [0.15, 0.2) is 12.1 Å². The summed E-state index contributed by atoms with van der Waals surface area (Å²) in [4.78, 5) is 0. The first kappa shape index (κ1) is 17.6. The van der Waals surface area contributed by atoms with E-state index in [4.69, 9.17) is 9.47 Å². The Morgan fingerprint density at radius 2 is 1.88 bits per heavy atom. The third-order valence-corrected chi connectivity index (χ3v) is 5.80. The maximum atomic E-state index is 6.36. The molecule has 0 aromatic heterocycles. The highest BCUT2D eigenvalue weighted by Crippen LogP contribution is 2.51. The summed E-state index contributed by atoms with van der Waals surface area (Å²) in [7, 11) is 0. The van der Waals surface area contributed by atoms with Crippen LogP contribution in [0.3, 0.4) is 0 Å². The number of hydrogen-bond donors (Lipinski definition) is 0. The summed E-state index contributed by atoms with van der Waals surface area (Å²) in [5.41, 5.74) is 2.79. The molecule has 0 amide bonds. The average molecular weight is 331 g/mol. The fourth-order valence-electron chi connectivity index (χ4n) is 4.33. The fourth-order valence-corrected chi connectivity index (χ4v) is 4.33. The molecular formula is C22H34O2. The van der Waals surface area contributed by atoms with Gasteiger partial charge in [0, 0.05) is 5.56 Å². The molecule has 0 saturated heterocycles. The zero-order chi connectivity index (χ0) is 17.4. The minimum atomic E-state index is -0.0732. The van der Waals surface area contributed by atoms with Crippen molar-refractivity contribution in [2.45, 2.75) is 96.5 Å². The van der Waals surface area contributed by atoms with Crippen LogP contribution < -0.4 is 9.47 Å². The molecule has 1 atom stereocenters. The summed E-state index contributed by atoms with van der Waals surface area (Å²) < 4.78 is 12.4.